The highest BCUT2D eigenvalue weighted by Crippen LogP contribution is 2.33. The van der Waals surface area contributed by atoms with Crippen molar-refractivity contribution in [2.45, 2.75) is 25.8 Å². The van der Waals surface area contributed by atoms with Crippen LogP contribution in [0.15, 0.2) is 64.2 Å². The van der Waals surface area contributed by atoms with Gasteiger partial charge in [-0.2, -0.15) is 4.68 Å². The fourth-order valence-electron chi connectivity index (χ4n) is 4.68. The van der Waals surface area contributed by atoms with Crippen LogP contribution >= 0.6 is 11.3 Å². The van der Waals surface area contributed by atoms with E-state index in [4.69, 9.17) is 0 Å². The molecule has 2 aromatic carbocycles. The average molecular weight is 444 g/mol. The molecular formula is C24H21N5O2S. The predicted molar refractivity (Wildman–Crippen MR) is 128 cm³/mol. The Bertz CT molecular complexity index is 1570. The number of hydrogen-bond donors (Lipinski definition) is 2. The molecule has 0 amide bonds. The third-order valence-electron chi connectivity index (χ3n) is 6.33. The van der Waals surface area contributed by atoms with Gasteiger partial charge in [0, 0.05) is 36.5 Å². The molecular weight excluding hydrogens is 422 g/mol. The fraction of sp³-hybridized carbons (Fsp3) is 0.208. The van der Waals surface area contributed by atoms with Crippen molar-refractivity contribution in [2.24, 2.45) is 0 Å². The minimum atomic E-state index is -0.182. The molecule has 7 nitrogen and oxygen atoms in total. The van der Waals surface area contributed by atoms with Crippen LogP contribution in [-0.2, 0) is 6.54 Å². The van der Waals surface area contributed by atoms with Crippen molar-refractivity contribution in [2.75, 3.05) is 11.9 Å². The van der Waals surface area contributed by atoms with Gasteiger partial charge in [0.05, 0.1) is 21.1 Å². The van der Waals surface area contributed by atoms with E-state index in [0.29, 0.717) is 34.2 Å². The third kappa shape index (κ3) is 2.90. The summed E-state index contributed by atoms with van der Waals surface area (Å²) in [7, 11) is 0. The molecule has 1 aliphatic rings. The summed E-state index contributed by atoms with van der Waals surface area (Å²) in [6.45, 7) is 3.28. The molecule has 4 heterocycles. The van der Waals surface area contributed by atoms with E-state index in [-0.39, 0.29) is 11.1 Å². The molecule has 2 N–H and O–H groups in total. The Morgan fingerprint density at radius 3 is 2.81 bits per heavy atom. The Hall–Kier alpha value is -3.65. The number of nitrogens with one attached hydrogen (secondary N) is 2. The maximum absolute atomic E-state index is 13.3. The lowest BCUT2D eigenvalue weighted by Crippen LogP contribution is -2.24. The molecule has 0 saturated carbocycles. The number of rotatable bonds is 4. The molecule has 0 saturated heterocycles. The summed E-state index contributed by atoms with van der Waals surface area (Å²) in [5.74, 6) is 0.346. The monoisotopic (exact) mass is 443 g/mol. The second kappa shape index (κ2) is 7.20. The summed E-state index contributed by atoms with van der Waals surface area (Å²) < 4.78 is 4.18. The third-order valence-corrected chi connectivity index (χ3v) is 7.36. The first-order valence-electron chi connectivity index (χ1n) is 10.6. The first-order valence-corrected chi connectivity index (χ1v) is 11.5. The number of pyridine rings is 1. The van der Waals surface area contributed by atoms with Gasteiger partial charge in [-0.1, -0.05) is 41.7 Å². The Morgan fingerprint density at radius 2 is 1.94 bits per heavy atom. The van der Waals surface area contributed by atoms with E-state index < -0.39 is 0 Å². The number of hydrogen-bond acceptors (Lipinski definition) is 5. The van der Waals surface area contributed by atoms with Gasteiger partial charge in [-0.3, -0.25) is 14.7 Å². The van der Waals surface area contributed by atoms with Gasteiger partial charge in [0.25, 0.3) is 11.1 Å². The molecule has 1 aliphatic heterocycles. The quantitative estimate of drug-likeness (QED) is 0.440. The first kappa shape index (κ1) is 19.1. The van der Waals surface area contributed by atoms with Gasteiger partial charge >= 0.3 is 0 Å². The Morgan fingerprint density at radius 1 is 1.12 bits per heavy atom. The zero-order valence-electron chi connectivity index (χ0n) is 17.5. The van der Waals surface area contributed by atoms with Gasteiger partial charge in [-0.25, -0.2) is 4.98 Å². The lowest BCUT2D eigenvalue weighted by Gasteiger charge is -2.14. The number of benzene rings is 2. The standard InChI is InChI=1S/C24H21N5O2S/c1-14-22-19(27-29(23(22)31)24-26-18-8-4-5-9-20(18)32-24)12-21(30)28(14)11-10-15-13-25-17-7-3-2-6-16(15)17/h2-9,12,15,25,27H,10-11,13H2,1H3. The number of nitrogens with zero attached hydrogens (tertiary/aromatic N) is 3. The second-order valence-electron chi connectivity index (χ2n) is 8.18. The van der Waals surface area contributed by atoms with E-state index in [1.54, 1.807) is 4.57 Å². The number of aromatic nitrogens is 4. The number of para-hydroxylation sites is 2. The minimum absolute atomic E-state index is 0.105. The zero-order chi connectivity index (χ0) is 21.8. The molecule has 8 heteroatoms. The number of fused-ring (bicyclic) bond motifs is 3. The summed E-state index contributed by atoms with van der Waals surface area (Å²) in [5.41, 5.74) is 4.25. The Labute approximate surface area is 186 Å². The predicted octanol–water partition coefficient (Wildman–Crippen LogP) is 4.00. The van der Waals surface area contributed by atoms with Gasteiger partial charge in [0.2, 0.25) is 5.13 Å². The number of anilines is 1. The van der Waals surface area contributed by atoms with Gasteiger partial charge in [0.1, 0.15) is 0 Å². The molecule has 0 fully saturated rings. The fourth-order valence-corrected chi connectivity index (χ4v) is 5.60. The van der Waals surface area contributed by atoms with Crippen LogP contribution < -0.4 is 16.4 Å². The van der Waals surface area contributed by atoms with Crippen LogP contribution in [0, 0.1) is 6.92 Å². The molecule has 1 unspecified atom stereocenters. The number of thiazole rings is 1. The highest BCUT2D eigenvalue weighted by atomic mass is 32.1. The lowest BCUT2D eigenvalue weighted by atomic mass is 9.98. The average Bonchev–Trinajstić information content (AvgIpc) is 3.48. The molecule has 32 heavy (non-hydrogen) atoms. The van der Waals surface area contributed by atoms with Crippen molar-refractivity contribution in [1.29, 1.82) is 0 Å². The van der Waals surface area contributed by atoms with E-state index in [2.05, 4.69) is 27.5 Å². The Kier molecular flexibility index (Phi) is 4.29. The maximum atomic E-state index is 13.3. The van der Waals surface area contributed by atoms with Gasteiger partial charge in [-0.05, 0) is 37.1 Å². The van der Waals surface area contributed by atoms with E-state index in [1.165, 1.54) is 33.3 Å². The van der Waals surface area contributed by atoms with Crippen molar-refractivity contribution in [1.82, 2.24) is 19.3 Å². The van der Waals surface area contributed by atoms with Crippen LogP contribution in [0.25, 0.3) is 26.3 Å². The topological polar surface area (TPSA) is 84.7 Å². The second-order valence-corrected chi connectivity index (χ2v) is 9.19. The molecule has 1 atom stereocenters. The summed E-state index contributed by atoms with van der Waals surface area (Å²) >= 11 is 1.44. The normalized spacial score (nSPS) is 15.3. The van der Waals surface area contributed by atoms with E-state index >= 15 is 0 Å². The Balaban J connectivity index is 1.38. The number of aryl methyl sites for hydroxylation is 1. The lowest BCUT2D eigenvalue weighted by molar-refractivity contribution is 0.555. The van der Waals surface area contributed by atoms with Crippen molar-refractivity contribution in [3.05, 3.63) is 86.6 Å². The smallest absolute Gasteiger partial charge is 0.282 e. The molecule has 0 bridgehead atoms. The van der Waals surface area contributed by atoms with Crippen molar-refractivity contribution < 1.29 is 0 Å². The van der Waals surface area contributed by atoms with Crippen molar-refractivity contribution >= 4 is 38.1 Å². The number of aromatic amines is 1. The van der Waals surface area contributed by atoms with Crippen molar-refractivity contribution in [3.63, 3.8) is 0 Å². The van der Waals surface area contributed by atoms with Crippen LogP contribution in [0.1, 0.15) is 23.6 Å². The van der Waals surface area contributed by atoms with Crippen LogP contribution in [0.3, 0.4) is 0 Å². The summed E-state index contributed by atoms with van der Waals surface area (Å²) in [4.78, 5) is 30.8. The molecule has 160 valence electrons. The van der Waals surface area contributed by atoms with Crippen LogP contribution in [0.5, 0.6) is 0 Å². The van der Waals surface area contributed by atoms with Gasteiger partial charge in [0.15, 0.2) is 0 Å². The van der Waals surface area contributed by atoms with E-state index in [1.807, 2.05) is 43.3 Å². The largest absolute Gasteiger partial charge is 0.384 e. The SMILES string of the molecule is Cc1c2c(=O)n(-c3nc4ccccc4s3)[nH]c2cc(=O)n1CCC1CNc2ccccc21. The first-order chi connectivity index (χ1) is 15.6. The summed E-state index contributed by atoms with van der Waals surface area (Å²) in [6, 6.07) is 17.6. The van der Waals surface area contributed by atoms with Gasteiger partial charge in [-0.15, -0.1) is 0 Å². The maximum Gasteiger partial charge on any atom is 0.282 e. The molecule has 0 aliphatic carbocycles. The van der Waals surface area contributed by atoms with E-state index in [9.17, 15) is 9.59 Å². The zero-order valence-corrected chi connectivity index (χ0v) is 18.3. The molecule has 3 aromatic heterocycles. The van der Waals surface area contributed by atoms with Gasteiger partial charge < -0.3 is 9.88 Å². The molecule has 0 spiro atoms. The highest BCUT2D eigenvalue weighted by Gasteiger charge is 2.22. The van der Waals surface area contributed by atoms with E-state index in [0.717, 1.165) is 23.2 Å². The highest BCUT2D eigenvalue weighted by molar-refractivity contribution is 7.20. The molecule has 0 radical (unpaired) electrons. The summed E-state index contributed by atoms with van der Waals surface area (Å²) in [6.07, 6.45) is 0.826. The minimum Gasteiger partial charge on any atom is -0.384 e. The van der Waals surface area contributed by atoms with Crippen molar-refractivity contribution in [3.8, 4) is 5.13 Å². The van der Waals surface area contributed by atoms with Crippen LogP contribution in [0.4, 0.5) is 5.69 Å². The van der Waals surface area contributed by atoms with Crippen LogP contribution in [-0.4, -0.2) is 25.9 Å². The number of H-pyrrole nitrogens is 1. The van der Waals surface area contributed by atoms with Crippen LogP contribution in [0.2, 0.25) is 0 Å². The summed E-state index contributed by atoms with van der Waals surface area (Å²) in [5, 5.41) is 7.63. The molecule has 6 rings (SSSR count). The molecule has 5 aromatic rings.